The van der Waals surface area contributed by atoms with Crippen LogP contribution in [0.25, 0.3) is 17.1 Å². The maximum atomic E-state index is 12.8. The molecule has 0 aliphatic rings. The number of carbonyl (C=O) groups is 1. The van der Waals surface area contributed by atoms with Gasteiger partial charge in [-0.1, -0.05) is 35.4 Å². The van der Waals surface area contributed by atoms with Crippen LogP contribution in [0.4, 0.5) is 11.4 Å². The first kappa shape index (κ1) is 20.2. The Bertz CT molecular complexity index is 1200. The summed E-state index contributed by atoms with van der Waals surface area (Å²) in [5.41, 5.74) is 2.70. The van der Waals surface area contributed by atoms with Crippen LogP contribution in [0.2, 0.25) is 5.02 Å². The molecule has 0 aliphatic heterocycles. The first-order chi connectivity index (χ1) is 14.9. The van der Waals surface area contributed by atoms with E-state index >= 15 is 0 Å². The number of aromatic nitrogens is 3. The molecule has 31 heavy (non-hydrogen) atoms. The number of amides is 1. The van der Waals surface area contributed by atoms with Crippen LogP contribution < -0.4 is 5.32 Å². The molecule has 0 saturated carbocycles. The lowest BCUT2D eigenvalue weighted by Gasteiger charge is -2.06. The number of hydrogen-bond donors (Lipinski definition) is 1. The zero-order chi connectivity index (χ0) is 22.0. The van der Waals surface area contributed by atoms with Gasteiger partial charge in [-0.05, 0) is 49.4 Å². The second kappa shape index (κ2) is 8.37. The minimum Gasteiger partial charge on any atom is -0.319 e. The van der Waals surface area contributed by atoms with Crippen LogP contribution in [0.1, 0.15) is 16.2 Å². The maximum Gasteiger partial charge on any atom is 0.295 e. The molecule has 0 spiro atoms. The third-order valence-corrected chi connectivity index (χ3v) is 4.76. The van der Waals surface area contributed by atoms with Crippen LogP contribution in [-0.4, -0.2) is 25.6 Å². The van der Waals surface area contributed by atoms with E-state index in [0.29, 0.717) is 10.8 Å². The highest BCUT2D eigenvalue weighted by Gasteiger charge is 2.19. The Kier molecular flexibility index (Phi) is 5.46. The highest BCUT2D eigenvalue weighted by Crippen LogP contribution is 2.24. The lowest BCUT2D eigenvalue weighted by atomic mass is 10.2. The summed E-state index contributed by atoms with van der Waals surface area (Å²) in [6, 6.07) is 20.3. The van der Waals surface area contributed by atoms with Gasteiger partial charge in [0.15, 0.2) is 5.82 Å². The van der Waals surface area contributed by atoms with E-state index in [1.165, 1.54) is 18.2 Å². The van der Waals surface area contributed by atoms with Crippen molar-refractivity contribution >= 4 is 28.9 Å². The smallest absolute Gasteiger partial charge is 0.295 e. The van der Waals surface area contributed by atoms with Crippen LogP contribution in [0.15, 0.2) is 72.8 Å². The monoisotopic (exact) mass is 433 g/mol. The molecule has 1 amide bonds. The third kappa shape index (κ3) is 4.44. The fourth-order valence-corrected chi connectivity index (χ4v) is 3.07. The van der Waals surface area contributed by atoms with E-state index in [4.69, 9.17) is 11.6 Å². The van der Waals surface area contributed by atoms with Crippen molar-refractivity contribution in [3.8, 4) is 17.1 Å². The Morgan fingerprint density at radius 2 is 1.77 bits per heavy atom. The van der Waals surface area contributed by atoms with E-state index in [2.05, 4.69) is 15.4 Å². The molecule has 4 rings (SSSR count). The van der Waals surface area contributed by atoms with Crippen molar-refractivity contribution in [2.75, 3.05) is 5.32 Å². The molecule has 0 fully saturated rings. The second-order valence-electron chi connectivity index (χ2n) is 6.77. The van der Waals surface area contributed by atoms with Gasteiger partial charge >= 0.3 is 0 Å². The summed E-state index contributed by atoms with van der Waals surface area (Å²) in [6.07, 6.45) is 0. The first-order valence-corrected chi connectivity index (χ1v) is 9.64. The highest BCUT2D eigenvalue weighted by molar-refractivity contribution is 6.30. The largest absolute Gasteiger partial charge is 0.319 e. The maximum absolute atomic E-state index is 12.8. The van der Waals surface area contributed by atoms with Crippen LogP contribution in [-0.2, 0) is 0 Å². The zero-order valence-electron chi connectivity index (χ0n) is 16.3. The third-order valence-electron chi connectivity index (χ3n) is 4.51. The summed E-state index contributed by atoms with van der Waals surface area (Å²) in [5.74, 6) is -0.191. The lowest BCUT2D eigenvalue weighted by Crippen LogP contribution is -2.14. The van der Waals surface area contributed by atoms with Gasteiger partial charge in [0.05, 0.1) is 10.6 Å². The number of aryl methyl sites for hydroxylation is 1. The van der Waals surface area contributed by atoms with Crippen LogP contribution >= 0.6 is 11.6 Å². The normalized spacial score (nSPS) is 10.6. The van der Waals surface area contributed by atoms with Gasteiger partial charge in [-0.3, -0.25) is 14.9 Å². The minimum atomic E-state index is -0.582. The van der Waals surface area contributed by atoms with Gasteiger partial charge in [-0.15, -0.1) is 5.10 Å². The fraction of sp³-hybridized carbons (Fsp3) is 0.0455. The Morgan fingerprint density at radius 1 is 1.06 bits per heavy atom. The Balaban J connectivity index is 1.73. The predicted molar refractivity (Wildman–Crippen MR) is 118 cm³/mol. The predicted octanol–water partition coefficient (Wildman–Crippen LogP) is 5.06. The van der Waals surface area contributed by atoms with Gasteiger partial charge < -0.3 is 5.32 Å². The van der Waals surface area contributed by atoms with Crippen molar-refractivity contribution < 1.29 is 9.72 Å². The molecule has 154 valence electrons. The summed E-state index contributed by atoms with van der Waals surface area (Å²) in [5, 5.41) is 18.6. The number of non-ortho nitro benzene ring substituents is 1. The lowest BCUT2D eigenvalue weighted by molar-refractivity contribution is -0.384. The van der Waals surface area contributed by atoms with Gasteiger partial charge in [0.25, 0.3) is 11.6 Å². The van der Waals surface area contributed by atoms with Gasteiger partial charge in [0, 0.05) is 28.4 Å². The molecule has 4 aromatic rings. The number of nitro groups is 1. The van der Waals surface area contributed by atoms with E-state index in [-0.39, 0.29) is 17.2 Å². The van der Waals surface area contributed by atoms with Crippen LogP contribution in [0, 0.1) is 17.0 Å². The molecule has 0 radical (unpaired) electrons. The SMILES string of the molecule is Cc1ccc(-n2nc(C(=O)Nc3cccc([N+](=O)[O-])c3)nc2-c2ccc(Cl)cc2)cc1. The van der Waals surface area contributed by atoms with Crippen molar-refractivity contribution in [2.45, 2.75) is 6.92 Å². The van der Waals surface area contributed by atoms with Crippen LogP contribution in [0.5, 0.6) is 0 Å². The molecule has 0 unspecified atom stereocenters. The molecule has 3 aromatic carbocycles. The van der Waals surface area contributed by atoms with Crippen LogP contribution in [0.3, 0.4) is 0 Å². The van der Waals surface area contributed by atoms with E-state index in [0.717, 1.165) is 16.8 Å². The standard InChI is InChI=1S/C22H16ClN5O3/c1-14-5-11-18(12-6-14)27-21(15-7-9-16(23)10-8-15)25-20(26-27)22(29)24-17-3-2-4-19(13-17)28(30)31/h2-13H,1H3,(H,24,29). The topological polar surface area (TPSA) is 103 Å². The van der Waals surface area contributed by atoms with Crippen molar-refractivity contribution in [3.63, 3.8) is 0 Å². The summed E-state index contributed by atoms with van der Waals surface area (Å²) >= 11 is 6.00. The number of nitrogens with zero attached hydrogens (tertiary/aromatic N) is 4. The molecular formula is C22H16ClN5O3. The second-order valence-corrected chi connectivity index (χ2v) is 7.21. The van der Waals surface area contributed by atoms with Crippen molar-refractivity contribution in [1.82, 2.24) is 14.8 Å². The van der Waals surface area contributed by atoms with Gasteiger partial charge in [-0.25, -0.2) is 9.67 Å². The molecule has 1 N–H and O–H groups in total. The Labute approximate surface area is 182 Å². The molecule has 1 heterocycles. The molecule has 0 bridgehead atoms. The molecule has 1 aromatic heterocycles. The van der Waals surface area contributed by atoms with Gasteiger partial charge in [0.1, 0.15) is 0 Å². The van der Waals surface area contributed by atoms with E-state index in [9.17, 15) is 14.9 Å². The Morgan fingerprint density at radius 3 is 2.45 bits per heavy atom. The number of carbonyl (C=O) groups excluding carboxylic acids is 1. The number of nitrogens with one attached hydrogen (secondary N) is 1. The van der Waals surface area contributed by atoms with E-state index in [1.54, 1.807) is 35.0 Å². The summed E-state index contributed by atoms with van der Waals surface area (Å²) in [6.45, 7) is 1.98. The summed E-state index contributed by atoms with van der Waals surface area (Å²) in [7, 11) is 0. The summed E-state index contributed by atoms with van der Waals surface area (Å²) in [4.78, 5) is 27.7. The van der Waals surface area contributed by atoms with E-state index in [1.807, 2.05) is 31.2 Å². The number of halogens is 1. The summed E-state index contributed by atoms with van der Waals surface area (Å²) < 4.78 is 1.57. The van der Waals surface area contributed by atoms with Crippen molar-refractivity contribution in [3.05, 3.63) is 99.3 Å². The number of rotatable bonds is 5. The Hall–Kier alpha value is -4.04. The fourth-order valence-electron chi connectivity index (χ4n) is 2.94. The molecule has 9 heteroatoms. The van der Waals surface area contributed by atoms with Crippen molar-refractivity contribution in [1.29, 1.82) is 0 Å². The number of anilines is 1. The molecule has 0 saturated heterocycles. The van der Waals surface area contributed by atoms with Gasteiger partial charge in [-0.2, -0.15) is 0 Å². The zero-order valence-corrected chi connectivity index (χ0v) is 17.1. The molecule has 0 atom stereocenters. The molecular weight excluding hydrogens is 418 g/mol. The first-order valence-electron chi connectivity index (χ1n) is 9.26. The average Bonchev–Trinajstić information content (AvgIpc) is 3.20. The molecule has 0 aliphatic carbocycles. The highest BCUT2D eigenvalue weighted by atomic mass is 35.5. The number of nitro benzene ring substituents is 1. The quantitative estimate of drug-likeness (QED) is 0.350. The number of benzene rings is 3. The average molecular weight is 434 g/mol. The minimum absolute atomic E-state index is 0.0722. The van der Waals surface area contributed by atoms with E-state index < -0.39 is 10.8 Å². The van der Waals surface area contributed by atoms with Gasteiger partial charge in [0.2, 0.25) is 5.82 Å². The van der Waals surface area contributed by atoms with Crippen molar-refractivity contribution in [2.24, 2.45) is 0 Å². The number of hydrogen-bond acceptors (Lipinski definition) is 5. The molecule has 8 nitrogen and oxygen atoms in total.